The van der Waals surface area contributed by atoms with Crippen LogP contribution in [0.5, 0.6) is 0 Å². The van der Waals surface area contributed by atoms with Crippen molar-refractivity contribution in [2.24, 2.45) is 0 Å². The lowest BCUT2D eigenvalue weighted by Gasteiger charge is -2.12. The largest absolute Gasteiger partial charge is 0.265 e. The fourth-order valence-electron chi connectivity index (χ4n) is 1.59. The summed E-state index contributed by atoms with van der Waals surface area (Å²) in [6.45, 7) is 0. The Morgan fingerprint density at radius 1 is 1.06 bits per heavy atom. The van der Waals surface area contributed by atoms with E-state index in [-0.39, 0.29) is 4.83 Å². The molecular weight excluding hydrogens is 410 g/mol. The van der Waals surface area contributed by atoms with Gasteiger partial charge in [0.2, 0.25) is 0 Å². The van der Waals surface area contributed by atoms with Gasteiger partial charge in [-0.2, -0.15) is 0 Å². The number of pyridine rings is 1. The molecule has 1 unspecified atom stereocenters. The predicted molar refractivity (Wildman–Crippen MR) is 81.5 cm³/mol. The van der Waals surface area contributed by atoms with Gasteiger partial charge >= 0.3 is 0 Å². The minimum Gasteiger partial charge on any atom is -0.265 e. The van der Waals surface area contributed by atoms with E-state index in [0.29, 0.717) is 0 Å². The Hall–Kier alpha value is -0.190. The van der Waals surface area contributed by atoms with Crippen LogP contribution in [0.1, 0.15) is 16.0 Å². The topological polar surface area (TPSA) is 12.9 Å². The number of nitrogens with zero attached hydrogens (tertiary/aromatic N) is 1. The third-order valence-corrected chi connectivity index (χ3v) is 4.49. The van der Waals surface area contributed by atoms with E-state index in [9.17, 15) is 0 Å². The molecule has 2 aromatic rings. The van der Waals surface area contributed by atoms with Gasteiger partial charge in [0.25, 0.3) is 0 Å². The van der Waals surface area contributed by atoms with Gasteiger partial charge in [-0.15, -0.1) is 0 Å². The van der Waals surface area contributed by atoms with E-state index in [1.54, 1.807) is 0 Å². The molecule has 0 bridgehead atoms. The lowest BCUT2D eigenvalue weighted by atomic mass is 10.1. The highest BCUT2D eigenvalue weighted by Crippen LogP contribution is 2.34. The molecule has 0 radical (unpaired) electrons. The van der Waals surface area contributed by atoms with Crippen LogP contribution in [0, 0.1) is 0 Å². The highest BCUT2D eigenvalue weighted by Gasteiger charge is 2.12. The van der Waals surface area contributed by atoms with Gasteiger partial charge in [-0.05, 0) is 47.9 Å². The maximum Gasteiger partial charge on any atom is 0.0447 e. The molecule has 0 fully saturated rings. The van der Waals surface area contributed by atoms with Crippen molar-refractivity contribution in [2.45, 2.75) is 11.2 Å². The fourth-order valence-corrected chi connectivity index (χ4v) is 3.55. The van der Waals surface area contributed by atoms with Crippen LogP contribution in [0.25, 0.3) is 0 Å². The zero-order valence-corrected chi connectivity index (χ0v) is 13.7. The molecule has 2 rings (SSSR count). The molecular formula is C13H10Br3N. The van der Waals surface area contributed by atoms with Crippen LogP contribution < -0.4 is 0 Å². The minimum absolute atomic E-state index is 0.289. The second kappa shape index (κ2) is 6.12. The normalized spacial score (nSPS) is 12.4. The summed E-state index contributed by atoms with van der Waals surface area (Å²) in [6.07, 6.45) is 4.59. The van der Waals surface area contributed by atoms with Crippen LogP contribution in [0.2, 0.25) is 0 Å². The molecule has 17 heavy (non-hydrogen) atoms. The molecule has 0 aliphatic heterocycles. The Balaban J connectivity index is 2.20. The van der Waals surface area contributed by atoms with Crippen LogP contribution in [0.4, 0.5) is 0 Å². The summed E-state index contributed by atoms with van der Waals surface area (Å²) in [5, 5.41) is 0. The molecule has 4 heteroatoms. The Morgan fingerprint density at radius 2 is 1.76 bits per heavy atom. The number of rotatable bonds is 3. The molecule has 0 saturated heterocycles. The number of hydrogen-bond acceptors (Lipinski definition) is 1. The van der Waals surface area contributed by atoms with E-state index < -0.39 is 0 Å². The van der Waals surface area contributed by atoms with Crippen molar-refractivity contribution in [3.63, 3.8) is 0 Å². The maximum absolute atomic E-state index is 4.03. The molecule has 1 atom stereocenters. The van der Waals surface area contributed by atoms with Crippen molar-refractivity contribution in [3.05, 3.63) is 62.8 Å². The van der Waals surface area contributed by atoms with Gasteiger partial charge < -0.3 is 0 Å². The monoisotopic (exact) mass is 417 g/mol. The van der Waals surface area contributed by atoms with Crippen molar-refractivity contribution in [2.75, 3.05) is 0 Å². The van der Waals surface area contributed by atoms with Crippen LogP contribution in [0.15, 0.2) is 51.7 Å². The molecule has 88 valence electrons. The molecule has 0 saturated carbocycles. The van der Waals surface area contributed by atoms with Crippen molar-refractivity contribution >= 4 is 47.8 Å². The summed E-state index contributed by atoms with van der Waals surface area (Å²) in [5.41, 5.74) is 2.52. The molecule has 1 nitrogen and oxygen atoms in total. The molecule has 1 aromatic carbocycles. The zero-order chi connectivity index (χ0) is 12.3. The number of halogens is 3. The summed E-state index contributed by atoms with van der Waals surface area (Å²) in [5.74, 6) is 0. The minimum atomic E-state index is 0.289. The summed E-state index contributed by atoms with van der Waals surface area (Å²) in [4.78, 5) is 4.31. The first-order valence-electron chi connectivity index (χ1n) is 5.15. The van der Waals surface area contributed by atoms with Gasteiger partial charge in [0.1, 0.15) is 0 Å². The highest BCUT2D eigenvalue weighted by atomic mass is 79.9. The molecule has 1 aromatic heterocycles. The fraction of sp³-hybridized carbons (Fsp3) is 0.154. The number of benzene rings is 1. The van der Waals surface area contributed by atoms with E-state index in [2.05, 4.69) is 64.9 Å². The summed E-state index contributed by atoms with van der Waals surface area (Å²) in [6, 6.07) is 10.3. The maximum atomic E-state index is 4.03. The van der Waals surface area contributed by atoms with Crippen LogP contribution in [0.3, 0.4) is 0 Å². The standard InChI is InChI=1S/C13H10Br3N/c14-10-1-2-12(15)11(8-10)13(16)7-9-3-5-17-6-4-9/h1-6,8,13H,7H2. The van der Waals surface area contributed by atoms with Gasteiger partial charge in [-0.1, -0.05) is 47.8 Å². The van der Waals surface area contributed by atoms with Gasteiger partial charge in [0.05, 0.1) is 0 Å². The van der Waals surface area contributed by atoms with Crippen LogP contribution in [-0.4, -0.2) is 4.98 Å². The lowest BCUT2D eigenvalue weighted by molar-refractivity contribution is 0.938. The van der Waals surface area contributed by atoms with Crippen LogP contribution >= 0.6 is 47.8 Å². The van der Waals surface area contributed by atoms with Crippen molar-refractivity contribution in [1.29, 1.82) is 0 Å². The average molecular weight is 420 g/mol. The Labute approximate surface area is 126 Å². The van der Waals surface area contributed by atoms with Gasteiger partial charge in [-0.25, -0.2) is 0 Å². The van der Waals surface area contributed by atoms with Crippen LogP contribution in [-0.2, 0) is 6.42 Å². The second-order valence-electron chi connectivity index (χ2n) is 3.69. The lowest BCUT2D eigenvalue weighted by Crippen LogP contribution is -1.96. The van der Waals surface area contributed by atoms with Crippen molar-refractivity contribution < 1.29 is 0 Å². The van der Waals surface area contributed by atoms with Gasteiger partial charge in [0, 0.05) is 26.2 Å². The number of alkyl halides is 1. The first kappa shape index (κ1) is 13.2. The zero-order valence-electron chi connectivity index (χ0n) is 8.91. The highest BCUT2D eigenvalue weighted by molar-refractivity contribution is 9.11. The van der Waals surface area contributed by atoms with E-state index in [1.807, 2.05) is 30.6 Å². The quantitative estimate of drug-likeness (QED) is 0.616. The second-order valence-corrected chi connectivity index (χ2v) is 6.57. The summed E-state index contributed by atoms with van der Waals surface area (Å²) >= 11 is 10.8. The van der Waals surface area contributed by atoms with E-state index in [4.69, 9.17) is 0 Å². The molecule has 0 aliphatic rings. The molecule has 0 aliphatic carbocycles. The third kappa shape index (κ3) is 3.63. The van der Waals surface area contributed by atoms with Gasteiger partial charge in [-0.3, -0.25) is 4.98 Å². The van der Waals surface area contributed by atoms with E-state index in [1.165, 1.54) is 11.1 Å². The first-order valence-corrected chi connectivity index (χ1v) is 7.65. The third-order valence-electron chi connectivity index (χ3n) is 2.46. The smallest absolute Gasteiger partial charge is 0.0447 e. The number of aromatic nitrogens is 1. The summed E-state index contributed by atoms with van der Waals surface area (Å²) < 4.78 is 2.21. The Kier molecular flexibility index (Phi) is 4.77. The van der Waals surface area contributed by atoms with E-state index >= 15 is 0 Å². The van der Waals surface area contributed by atoms with E-state index in [0.717, 1.165) is 15.4 Å². The average Bonchev–Trinajstić information content (AvgIpc) is 2.33. The Bertz CT molecular complexity index is 499. The molecule has 0 spiro atoms. The predicted octanol–water partition coefficient (Wildman–Crippen LogP) is 5.29. The Morgan fingerprint density at radius 3 is 2.47 bits per heavy atom. The summed E-state index contributed by atoms with van der Waals surface area (Å²) in [7, 11) is 0. The molecule has 0 amide bonds. The number of hydrogen-bond donors (Lipinski definition) is 0. The van der Waals surface area contributed by atoms with Gasteiger partial charge in [0.15, 0.2) is 0 Å². The first-order chi connectivity index (χ1) is 8.16. The molecule has 0 N–H and O–H groups in total. The molecule has 1 heterocycles. The SMILES string of the molecule is Brc1ccc(Br)c(C(Br)Cc2ccncc2)c1. The van der Waals surface area contributed by atoms with Crippen molar-refractivity contribution in [1.82, 2.24) is 4.98 Å². The van der Waals surface area contributed by atoms with Crippen molar-refractivity contribution in [3.8, 4) is 0 Å².